The third kappa shape index (κ3) is 6.01. The van der Waals surface area contributed by atoms with Crippen molar-refractivity contribution in [3.05, 3.63) is 33.3 Å². The first-order valence-corrected chi connectivity index (χ1v) is 12.9. The van der Waals surface area contributed by atoms with Gasteiger partial charge in [-0.15, -0.1) is 11.3 Å². The molecule has 0 spiro atoms. The Balaban J connectivity index is 1.87. The highest BCUT2D eigenvalue weighted by Crippen LogP contribution is 2.44. The molecule has 34 heavy (non-hydrogen) atoms. The molecule has 0 aromatic carbocycles. The van der Waals surface area contributed by atoms with Crippen molar-refractivity contribution in [1.82, 2.24) is 4.98 Å². The number of halogens is 1. The van der Waals surface area contributed by atoms with E-state index in [2.05, 4.69) is 11.1 Å². The highest BCUT2D eigenvalue weighted by Gasteiger charge is 2.51. The number of ether oxygens (including phenoxy) is 1. The molecule has 1 aromatic rings. The number of fused-ring (bicyclic) bond motifs is 2. The zero-order valence-electron chi connectivity index (χ0n) is 20.4. The van der Waals surface area contributed by atoms with Crippen LogP contribution in [0.2, 0.25) is 0 Å². The van der Waals surface area contributed by atoms with Crippen LogP contribution in [-0.4, -0.2) is 45.3 Å². The van der Waals surface area contributed by atoms with E-state index in [-0.39, 0.29) is 18.1 Å². The van der Waals surface area contributed by atoms with Crippen molar-refractivity contribution >= 4 is 29.2 Å². The van der Waals surface area contributed by atoms with E-state index in [4.69, 9.17) is 4.74 Å². The van der Waals surface area contributed by atoms with Gasteiger partial charge in [-0.1, -0.05) is 25.5 Å². The number of hydrogen-bond donors (Lipinski definition) is 2. The van der Waals surface area contributed by atoms with E-state index in [1.54, 1.807) is 25.3 Å². The monoisotopic (exact) mass is 493 g/mol. The fourth-order valence-corrected chi connectivity index (χ4v) is 5.77. The van der Waals surface area contributed by atoms with Crippen molar-refractivity contribution in [1.29, 1.82) is 0 Å². The lowest BCUT2D eigenvalue weighted by Gasteiger charge is -2.45. The van der Waals surface area contributed by atoms with Gasteiger partial charge in [-0.3, -0.25) is 9.59 Å². The van der Waals surface area contributed by atoms with Gasteiger partial charge in [0.15, 0.2) is 0 Å². The van der Waals surface area contributed by atoms with Crippen LogP contribution in [0.3, 0.4) is 0 Å². The van der Waals surface area contributed by atoms with E-state index in [0.29, 0.717) is 23.5 Å². The molecule has 1 fully saturated rings. The van der Waals surface area contributed by atoms with Gasteiger partial charge >= 0.3 is 5.97 Å². The number of allylic oxidation sites excluding steroid dienone is 1. The number of carbonyl (C=O) groups is 2. The highest BCUT2D eigenvalue weighted by atomic mass is 32.1. The van der Waals surface area contributed by atoms with Gasteiger partial charge < -0.3 is 14.9 Å². The summed E-state index contributed by atoms with van der Waals surface area (Å²) in [4.78, 5) is 30.1. The molecular formula is C26H36FNO5S. The first-order valence-electron chi connectivity index (χ1n) is 12.0. The van der Waals surface area contributed by atoms with Crippen molar-refractivity contribution < 1.29 is 28.9 Å². The molecule has 0 radical (unpaired) electrons. The fourth-order valence-electron chi connectivity index (χ4n) is 5.17. The number of esters is 1. The maximum atomic E-state index is 13.1. The molecule has 0 amide bonds. The Morgan fingerprint density at radius 1 is 1.38 bits per heavy atom. The third-order valence-electron chi connectivity index (χ3n) is 7.42. The van der Waals surface area contributed by atoms with E-state index in [0.717, 1.165) is 30.4 Å². The molecule has 8 heteroatoms. The Labute approximate surface area is 204 Å². The van der Waals surface area contributed by atoms with Crippen LogP contribution < -0.4 is 0 Å². The van der Waals surface area contributed by atoms with Gasteiger partial charge in [0.2, 0.25) is 0 Å². The highest BCUT2D eigenvalue weighted by molar-refractivity contribution is 7.09. The summed E-state index contributed by atoms with van der Waals surface area (Å²) in [5.41, 5.74) is 1.44. The van der Waals surface area contributed by atoms with Crippen molar-refractivity contribution in [2.24, 2.45) is 17.3 Å². The number of rotatable bonds is 3. The number of alkyl halides is 1. The average Bonchev–Trinajstić information content (AvgIpc) is 3.25. The van der Waals surface area contributed by atoms with Crippen LogP contribution in [0.4, 0.5) is 4.39 Å². The molecule has 6 nitrogen and oxygen atoms in total. The van der Waals surface area contributed by atoms with Crippen LogP contribution in [-0.2, 0) is 21.0 Å². The molecule has 3 rings (SSSR count). The number of aromatic nitrogens is 1. The zero-order valence-corrected chi connectivity index (χ0v) is 21.2. The number of carbonyl (C=O) groups excluding carboxylic acids is 2. The predicted molar refractivity (Wildman–Crippen MR) is 130 cm³/mol. The van der Waals surface area contributed by atoms with E-state index in [9.17, 15) is 24.2 Å². The Kier molecular flexibility index (Phi) is 8.82. The summed E-state index contributed by atoms with van der Waals surface area (Å²) in [5, 5.41) is 23.8. The molecule has 1 aliphatic heterocycles. The summed E-state index contributed by atoms with van der Waals surface area (Å²) in [5.74, 6) is -1.49. The first-order chi connectivity index (χ1) is 16.0. The Morgan fingerprint density at radius 3 is 2.79 bits per heavy atom. The largest absolute Gasteiger partial charge is 0.457 e. The van der Waals surface area contributed by atoms with Crippen molar-refractivity contribution in [2.45, 2.75) is 91.2 Å². The molecule has 1 aliphatic carbocycles. The lowest BCUT2D eigenvalue weighted by molar-refractivity contribution is -0.161. The minimum atomic E-state index is -1.19. The zero-order chi connectivity index (χ0) is 25.0. The summed E-state index contributed by atoms with van der Waals surface area (Å²) in [7, 11) is 0. The van der Waals surface area contributed by atoms with Gasteiger partial charge in [0.05, 0.1) is 29.7 Å². The van der Waals surface area contributed by atoms with Crippen LogP contribution in [0.1, 0.15) is 76.9 Å². The lowest BCUT2D eigenvalue weighted by atomic mass is 9.60. The Hall–Kier alpha value is -1.90. The quantitative estimate of drug-likeness (QED) is 0.464. The summed E-state index contributed by atoms with van der Waals surface area (Å²) in [6, 6.07) is 0. The first kappa shape index (κ1) is 26.7. The third-order valence-corrected chi connectivity index (χ3v) is 8.25. The van der Waals surface area contributed by atoms with Gasteiger partial charge in [-0.05, 0) is 57.1 Å². The van der Waals surface area contributed by atoms with Crippen LogP contribution in [0, 0.1) is 17.3 Å². The van der Waals surface area contributed by atoms with E-state index in [1.807, 2.05) is 13.8 Å². The molecule has 6 atom stereocenters. The van der Waals surface area contributed by atoms with E-state index < -0.39 is 42.3 Å². The number of ketones is 1. The minimum Gasteiger partial charge on any atom is -0.457 e. The molecule has 1 unspecified atom stereocenters. The summed E-state index contributed by atoms with van der Waals surface area (Å²) in [6.07, 6.45) is 4.31. The fraction of sp³-hybridized carbons (Fsp3) is 0.654. The normalized spacial score (nSPS) is 35.8. The van der Waals surface area contributed by atoms with E-state index >= 15 is 0 Å². The van der Waals surface area contributed by atoms with Crippen molar-refractivity contribution in [3.63, 3.8) is 0 Å². The number of cyclic esters (lactones) is 1. The maximum Gasteiger partial charge on any atom is 0.309 e. The van der Waals surface area contributed by atoms with Crippen molar-refractivity contribution in [3.8, 4) is 0 Å². The molecule has 2 bridgehead atoms. The number of aliphatic hydroxyl groups excluding tert-OH is 2. The maximum absolute atomic E-state index is 13.1. The molecule has 2 heterocycles. The standard InChI is InChI=1S/C26H36FNO5S/c1-15-6-5-7-18-12-26(4,25(32)17(3)24(18)31)21(29)11-23(30)33-20(9-8-15)16(2)10-19-14-34-22(13-27)28-19/h8,10,14,17-18,20-21,24,29,31H,5-7,9,11-13H2,1-4H3/b15-8-,16-10+/t17-,18-,20+,21?,24-,26-/m1/s1. The van der Waals surface area contributed by atoms with Gasteiger partial charge in [-0.2, -0.15) is 0 Å². The average molecular weight is 494 g/mol. The van der Waals surface area contributed by atoms with Gasteiger partial charge in [-0.25, -0.2) is 9.37 Å². The minimum absolute atomic E-state index is 0.107. The molecule has 1 saturated carbocycles. The molecule has 2 N–H and O–H groups in total. The van der Waals surface area contributed by atoms with Gasteiger partial charge in [0.1, 0.15) is 23.6 Å². The number of Topliss-reactive ketones (excluding diaryl/α,β-unsaturated/α-hetero) is 1. The molecular weight excluding hydrogens is 457 g/mol. The smallest absolute Gasteiger partial charge is 0.309 e. The molecule has 1 aromatic heterocycles. The van der Waals surface area contributed by atoms with Crippen molar-refractivity contribution in [2.75, 3.05) is 0 Å². The van der Waals surface area contributed by atoms with Crippen LogP contribution in [0.5, 0.6) is 0 Å². The van der Waals surface area contributed by atoms with Crippen LogP contribution in [0.15, 0.2) is 22.6 Å². The number of thiazole rings is 1. The Bertz CT molecular complexity index is 957. The predicted octanol–water partition coefficient (Wildman–Crippen LogP) is 4.79. The topological polar surface area (TPSA) is 96.7 Å². The second kappa shape index (κ2) is 11.2. The van der Waals surface area contributed by atoms with Crippen LogP contribution >= 0.6 is 11.3 Å². The summed E-state index contributed by atoms with van der Waals surface area (Å²) < 4.78 is 18.6. The molecule has 188 valence electrons. The second-order valence-electron chi connectivity index (χ2n) is 10.1. The van der Waals surface area contributed by atoms with Gasteiger partial charge in [0.25, 0.3) is 0 Å². The second-order valence-corrected chi connectivity index (χ2v) is 11.0. The SMILES string of the molecule is C/C1=C/C[C@@H](/C(C)=C/c2csc(CF)n2)OC(=O)CC(O)[C@@]2(C)C[C@@H](CCC1)[C@H](O)[C@@H](C)C2=O. The summed E-state index contributed by atoms with van der Waals surface area (Å²) in [6.45, 7) is 6.66. The van der Waals surface area contributed by atoms with E-state index in [1.165, 1.54) is 11.3 Å². The summed E-state index contributed by atoms with van der Waals surface area (Å²) >= 11 is 1.24. The van der Waals surface area contributed by atoms with Crippen LogP contribution in [0.25, 0.3) is 6.08 Å². The number of aliphatic hydroxyl groups is 2. The number of hydrogen-bond acceptors (Lipinski definition) is 7. The number of nitrogens with zero attached hydrogens (tertiary/aromatic N) is 1. The van der Waals surface area contributed by atoms with Gasteiger partial charge in [0, 0.05) is 17.7 Å². The Morgan fingerprint density at radius 2 is 2.12 bits per heavy atom. The lowest BCUT2D eigenvalue weighted by Crippen LogP contribution is -2.54. The molecule has 0 saturated heterocycles. The molecule has 2 aliphatic rings.